The van der Waals surface area contributed by atoms with Crippen LogP contribution in [0.4, 0.5) is 0 Å². The molecule has 1 fully saturated rings. The van der Waals surface area contributed by atoms with Crippen molar-refractivity contribution in [1.82, 2.24) is 5.32 Å². The Kier molecular flexibility index (Phi) is 4.58. The zero-order valence-electron chi connectivity index (χ0n) is 7.75. The molecule has 0 bridgehead atoms. The molecule has 2 atom stereocenters. The van der Waals surface area contributed by atoms with Gasteiger partial charge in [-0.3, -0.25) is 0 Å². The summed E-state index contributed by atoms with van der Waals surface area (Å²) >= 11 is 0. The molecular weight excluding hydrogens is 154 g/mol. The minimum Gasteiger partial charge on any atom is -0.392 e. The number of nitrogens with one attached hydrogen (secondary N) is 1. The number of aliphatic hydroxyl groups excluding tert-OH is 1. The first-order valence-corrected chi connectivity index (χ1v) is 4.83. The molecule has 0 saturated heterocycles. The summed E-state index contributed by atoms with van der Waals surface area (Å²) in [6.45, 7) is 4.37. The van der Waals surface area contributed by atoms with Gasteiger partial charge < -0.3 is 15.2 Å². The SMILES string of the molecule is CCOCCN[C@@H]1CCC[C@H]1O. The van der Waals surface area contributed by atoms with Crippen LogP contribution in [0.3, 0.4) is 0 Å². The molecule has 0 aromatic heterocycles. The fourth-order valence-electron chi connectivity index (χ4n) is 1.64. The van der Waals surface area contributed by atoms with Gasteiger partial charge in [-0.2, -0.15) is 0 Å². The molecule has 3 heteroatoms. The molecule has 0 heterocycles. The van der Waals surface area contributed by atoms with Gasteiger partial charge in [0.15, 0.2) is 0 Å². The molecule has 72 valence electrons. The molecule has 0 amide bonds. The summed E-state index contributed by atoms with van der Waals surface area (Å²) in [5.41, 5.74) is 0. The van der Waals surface area contributed by atoms with Crippen molar-refractivity contribution < 1.29 is 9.84 Å². The molecule has 1 aliphatic carbocycles. The average molecular weight is 173 g/mol. The second-order valence-electron chi connectivity index (χ2n) is 3.26. The summed E-state index contributed by atoms with van der Waals surface area (Å²) in [5, 5.41) is 12.7. The van der Waals surface area contributed by atoms with E-state index in [1.165, 1.54) is 0 Å². The van der Waals surface area contributed by atoms with Crippen molar-refractivity contribution in [3.05, 3.63) is 0 Å². The molecule has 0 aromatic rings. The van der Waals surface area contributed by atoms with Crippen LogP contribution in [0.5, 0.6) is 0 Å². The quantitative estimate of drug-likeness (QED) is 0.596. The number of hydrogen-bond acceptors (Lipinski definition) is 3. The maximum Gasteiger partial charge on any atom is 0.0693 e. The van der Waals surface area contributed by atoms with Crippen LogP contribution >= 0.6 is 0 Å². The Hall–Kier alpha value is -0.120. The van der Waals surface area contributed by atoms with E-state index in [9.17, 15) is 5.11 Å². The summed E-state index contributed by atoms with van der Waals surface area (Å²) in [5.74, 6) is 0. The molecular formula is C9H19NO2. The third kappa shape index (κ3) is 3.09. The van der Waals surface area contributed by atoms with E-state index in [1.54, 1.807) is 0 Å². The van der Waals surface area contributed by atoms with Crippen LogP contribution in [0.2, 0.25) is 0 Å². The number of ether oxygens (including phenoxy) is 1. The van der Waals surface area contributed by atoms with E-state index in [0.717, 1.165) is 39.0 Å². The third-order valence-corrected chi connectivity index (χ3v) is 2.34. The number of rotatable bonds is 5. The number of hydrogen-bond donors (Lipinski definition) is 2. The van der Waals surface area contributed by atoms with Crippen LogP contribution in [-0.4, -0.2) is 37.0 Å². The van der Waals surface area contributed by atoms with Gasteiger partial charge in [-0.05, 0) is 26.2 Å². The van der Waals surface area contributed by atoms with Crippen molar-refractivity contribution in [2.45, 2.75) is 38.3 Å². The lowest BCUT2D eigenvalue weighted by Gasteiger charge is -2.15. The minimum absolute atomic E-state index is 0.133. The molecule has 0 aliphatic heterocycles. The van der Waals surface area contributed by atoms with Crippen LogP contribution in [0.25, 0.3) is 0 Å². The first-order valence-electron chi connectivity index (χ1n) is 4.83. The van der Waals surface area contributed by atoms with Crippen LogP contribution < -0.4 is 5.32 Å². The van der Waals surface area contributed by atoms with Gasteiger partial charge >= 0.3 is 0 Å². The fraction of sp³-hybridized carbons (Fsp3) is 1.00. The average Bonchev–Trinajstić information content (AvgIpc) is 2.46. The van der Waals surface area contributed by atoms with Crippen molar-refractivity contribution in [3.8, 4) is 0 Å². The second kappa shape index (κ2) is 5.51. The topological polar surface area (TPSA) is 41.5 Å². The third-order valence-electron chi connectivity index (χ3n) is 2.34. The maximum atomic E-state index is 9.44. The Bertz CT molecular complexity index is 119. The van der Waals surface area contributed by atoms with Crippen molar-refractivity contribution in [1.29, 1.82) is 0 Å². The van der Waals surface area contributed by atoms with Gasteiger partial charge in [0.05, 0.1) is 12.7 Å². The first-order chi connectivity index (χ1) is 5.84. The van der Waals surface area contributed by atoms with E-state index in [1.807, 2.05) is 6.92 Å². The van der Waals surface area contributed by atoms with Crippen LogP contribution in [0.1, 0.15) is 26.2 Å². The van der Waals surface area contributed by atoms with Crippen LogP contribution in [0.15, 0.2) is 0 Å². The summed E-state index contributed by atoms with van der Waals surface area (Å²) in [4.78, 5) is 0. The summed E-state index contributed by atoms with van der Waals surface area (Å²) in [6.07, 6.45) is 3.07. The van der Waals surface area contributed by atoms with Gasteiger partial charge in [0.25, 0.3) is 0 Å². The van der Waals surface area contributed by atoms with Crippen molar-refractivity contribution in [2.75, 3.05) is 19.8 Å². The Morgan fingerprint density at radius 1 is 1.50 bits per heavy atom. The lowest BCUT2D eigenvalue weighted by Crippen LogP contribution is -2.37. The lowest BCUT2D eigenvalue weighted by atomic mass is 10.2. The highest BCUT2D eigenvalue weighted by Crippen LogP contribution is 2.18. The molecule has 2 N–H and O–H groups in total. The molecule has 1 saturated carbocycles. The number of aliphatic hydroxyl groups is 1. The van der Waals surface area contributed by atoms with E-state index in [2.05, 4.69) is 5.32 Å². The smallest absolute Gasteiger partial charge is 0.0693 e. The predicted molar refractivity (Wildman–Crippen MR) is 48.1 cm³/mol. The largest absolute Gasteiger partial charge is 0.392 e. The summed E-state index contributed by atoms with van der Waals surface area (Å²) in [7, 11) is 0. The van der Waals surface area contributed by atoms with E-state index >= 15 is 0 Å². The molecule has 0 radical (unpaired) electrons. The first kappa shape index (κ1) is 9.96. The molecule has 0 spiro atoms. The molecule has 0 aromatic carbocycles. The Labute approximate surface area is 74.1 Å². The Balaban J connectivity index is 1.98. The molecule has 1 rings (SSSR count). The predicted octanol–water partition coefficient (Wildman–Crippen LogP) is 0.526. The van der Waals surface area contributed by atoms with E-state index in [0.29, 0.717) is 6.04 Å². The zero-order chi connectivity index (χ0) is 8.81. The Morgan fingerprint density at radius 2 is 2.33 bits per heavy atom. The highest BCUT2D eigenvalue weighted by atomic mass is 16.5. The molecule has 0 unspecified atom stereocenters. The summed E-state index contributed by atoms with van der Waals surface area (Å²) in [6, 6.07) is 0.311. The minimum atomic E-state index is -0.133. The fourth-order valence-corrected chi connectivity index (χ4v) is 1.64. The van der Waals surface area contributed by atoms with Crippen LogP contribution in [0, 0.1) is 0 Å². The van der Waals surface area contributed by atoms with Crippen molar-refractivity contribution >= 4 is 0 Å². The molecule has 1 aliphatic rings. The van der Waals surface area contributed by atoms with Gasteiger partial charge in [-0.15, -0.1) is 0 Å². The van der Waals surface area contributed by atoms with Crippen molar-refractivity contribution in [3.63, 3.8) is 0 Å². The van der Waals surface area contributed by atoms with Gasteiger partial charge in [0, 0.05) is 19.2 Å². The molecule has 12 heavy (non-hydrogen) atoms. The summed E-state index contributed by atoms with van der Waals surface area (Å²) < 4.78 is 5.18. The van der Waals surface area contributed by atoms with Gasteiger partial charge in [-0.1, -0.05) is 0 Å². The highest BCUT2D eigenvalue weighted by Gasteiger charge is 2.23. The van der Waals surface area contributed by atoms with Crippen LogP contribution in [-0.2, 0) is 4.74 Å². The Morgan fingerprint density at radius 3 is 2.92 bits per heavy atom. The maximum absolute atomic E-state index is 9.44. The van der Waals surface area contributed by atoms with Crippen molar-refractivity contribution in [2.24, 2.45) is 0 Å². The standard InChI is InChI=1S/C9H19NO2/c1-2-12-7-6-10-8-4-3-5-9(8)11/h8-11H,2-7H2,1H3/t8-,9-/m1/s1. The normalized spacial score (nSPS) is 29.5. The second-order valence-corrected chi connectivity index (χ2v) is 3.26. The van der Waals surface area contributed by atoms with Gasteiger partial charge in [0.2, 0.25) is 0 Å². The molecule has 3 nitrogen and oxygen atoms in total. The lowest BCUT2D eigenvalue weighted by molar-refractivity contribution is 0.124. The van der Waals surface area contributed by atoms with E-state index in [4.69, 9.17) is 4.74 Å². The highest BCUT2D eigenvalue weighted by molar-refractivity contribution is 4.82. The zero-order valence-corrected chi connectivity index (χ0v) is 7.75. The van der Waals surface area contributed by atoms with E-state index in [-0.39, 0.29) is 6.10 Å². The van der Waals surface area contributed by atoms with Gasteiger partial charge in [0.1, 0.15) is 0 Å². The monoisotopic (exact) mass is 173 g/mol. The van der Waals surface area contributed by atoms with E-state index < -0.39 is 0 Å². The van der Waals surface area contributed by atoms with Gasteiger partial charge in [-0.25, -0.2) is 0 Å².